The van der Waals surface area contributed by atoms with Gasteiger partial charge in [-0.05, 0) is 39.0 Å². The second kappa shape index (κ2) is 6.79. The predicted molar refractivity (Wildman–Crippen MR) is 89.6 cm³/mol. The van der Waals surface area contributed by atoms with Crippen molar-refractivity contribution < 1.29 is 4.79 Å². The number of rotatable bonds is 5. The average molecular weight is 373 g/mol. The molecule has 1 aromatic heterocycles. The molecule has 0 spiro atoms. The van der Waals surface area contributed by atoms with Crippen LogP contribution in [0.2, 0.25) is 0 Å². The van der Waals surface area contributed by atoms with Crippen molar-refractivity contribution in [2.45, 2.75) is 32.7 Å². The van der Waals surface area contributed by atoms with Crippen molar-refractivity contribution in [3.8, 4) is 0 Å². The van der Waals surface area contributed by atoms with E-state index in [-0.39, 0.29) is 17.8 Å². The summed E-state index contributed by atoms with van der Waals surface area (Å²) in [6, 6.07) is 5.84. The lowest BCUT2D eigenvalue weighted by atomic mass is 10.3. The van der Waals surface area contributed by atoms with Gasteiger partial charge >= 0.3 is 0 Å². The molecule has 2 aromatic rings. The van der Waals surface area contributed by atoms with E-state index in [2.05, 4.69) is 20.9 Å². The Morgan fingerprint density at radius 3 is 2.67 bits per heavy atom. The number of hydrogen-bond acceptors (Lipinski definition) is 2. The van der Waals surface area contributed by atoms with Crippen LogP contribution in [0.25, 0.3) is 11.0 Å². The van der Waals surface area contributed by atoms with E-state index < -0.39 is 0 Å². The average Bonchev–Trinajstić information content (AvgIpc) is 2.78. The van der Waals surface area contributed by atoms with E-state index in [0.717, 1.165) is 21.3 Å². The Bertz CT molecular complexity index is 650. The molecule has 0 fully saturated rings. The highest BCUT2D eigenvalue weighted by molar-refractivity contribution is 9.10. The third-order valence-electron chi connectivity index (χ3n) is 3.51. The molecule has 0 radical (unpaired) electrons. The number of benzene rings is 1. The van der Waals surface area contributed by atoms with Crippen LogP contribution in [0.3, 0.4) is 0 Å². The Balaban J connectivity index is 2.47. The standard InChI is InChI=1S/C15H19BrClN3O/c1-4-19(5-2)14(21)9-20-13-8-11(16)6-7-12(13)18-15(20)10(3)17/h6-8,10H,4-5,9H2,1-3H3. The fourth-order valence-corrected chi connectivity index (χ4v) is 2.91. The number of hydrogen-bond donors (Lipinski definition) is 0. The summed E-state index contributed by atoms with van der Waals surface area (Å²) in [5.41, 5.74) is 1.78. The molecule has 0 aliphatic heterocycles. The predicted octanol–water partition coefficient (Wildman–Crippen LogP) is 3.97. The summed E-state index contributed by atoms with van der Waals surface area (Å²) < 4.78 is 2.87. The maximum absolute atomic E-state index is 12.4. The fraction of sp³-hybridized carbons (Fsp3) is 0.467. The van der Waals surface area contributed by atoms with Gasteiger partial charge in [0.15, 0.2) is 0 Å². The molecular formula is C15H19BrClN3O. The van der Waals surface area contributed by atoms with Gasteiger partial charge in [0.2, 0.25) is 5.91 Å². The number of carbonyl (C=O) groups is 1. The van der Waals surface area contributed by atoms with Crippen molar-refractivity contribution in [1.29, 1.82) is 0 Å². The van der Waals surface area contributed by atoms with Crippen molar-refractivity contribution >= 4 is 44.5 Å². The lowest BCUT2D eigenvalue weighted by molar-refractivity contribution is -0.131. The molecule has 1 unspecified atom stereocenters. The van der Waals surface area contributed by atoms with Gasteiger partial charge in [-0.1, -0.05) is 15.9 Å². The van der Waals surface area contributed by atoms with E-state index in [9.17, 15) is 4.79 Å². The quantitative estimate of drug-likeness (QED) is 0.745. The maximum Gasteiger partial charge on any atom is 0.242 e. The van der Waals surface area contributed by atoms with Gasteiger partial charge in [0.1, 0.15) is 12.4 Å². The van der Waals surface area contributed by atoms with E-state index in [1.54, 1.807) is 0 Å². The second-order valence-electron chi connectivity index (χ2n) is 4.87. The number of likely N-dealkylation sites (N-methyl/N-ethyl adjacent to an activating group) is 1. The van der Waals surface area contributed by atoms with E-state index in [1.165, 1.54) is 0 Å². The highest BCUT2D eigenvalue weighted by atomic mass is 79.9. The van der Waals surface area contributed by atoms with Crippen LogP contribution in [0.5, 0.6) is 0 Å². The van der Waals surface area contributed by atoms with Crippen LogP contribution in [0, 0.1) is 0 Å². The van der Waals surface area contributed by atoms with Gasteiger partial charge in [0, 0.05) is 17.6 Å². The van der Waals surface area contributed by atoms with Crippen LogP contribution in [0.1, 0.15) is 32.0 Å². The van der Waals surface area contributed by atoms with E-state index >= 15 is 0 Å². The molecule has 0 saturated heterocycles. The van der Waals surface area contributed by atoms with E-state index in [4.69, 9.17) is 11.6 Å². The third kappa shape index (κ3) is 3.40. The largest absolute Gasteiger partial charge is 0.342 e. The van der Waals surface area contributed by atoms with Gasteiger partial charge < -0.3 is 9.47 Å². The SMILES string of the molecule is CCN(CC)C(=O)Cn1c(C(C)Cl)nc2ccc(Br)cc21. The van der Waals surface area contributed by atoms with Crippen LogP contribution in [-0.2, 0) is 11.3 Å². The van der Waals surface area contributed by atoms with Crippen molar-refractivity contribution in [3.05, 3.63) is 28.5 Å². The number of nitrogens with zero attached hydrogens (tertiary/aromatic N) is 3. The molecule has 0 bridgehead atoms. The summed E-state index contributed by atoms with van der Waals surface area (Å²) in [5, 5.41) is -0.249. The lowest BCUT2D eigenvalue weighted by Crippen LogP contribution is -2.33. The monoisotopic (exact) mass is 371 g/mol. The van der Waals surface area contributed by atoms with Crippen molar-refractivity contribution in [2.24, 2.45) is 0 Å². The number of amides is 1. The van der Waals surface area contributed by atoms with E-state index in [0.29, 0.717) is 13.1 Å². The molecule has 0 saturated carbocycles. The summed E-state index contributed by atoms with van der Waals surface area (Å²) in [7, 11) is 0. The number of alkyl halides is 1. The van der Waals surface area contributed by atoms with Gasteiger partial charge in [0.05, 0.1) is 16.4 Å². The number of halogens is 2. The number of fused-ring (bicyclic) bond motifs is 1. The first-order valence-corrected chi connectivity index (χ1v) is 8.28. The first-order chi connectivity index (χ1) is 9.97. The van der Waals surface area contributed by atoms with E-state index in [1.807, 2.05) is 48.4 Å². The Morgan fingerprint density at radius 2 is 2.10 bits per heavy atom. The number of imidazole rings is 1. The molecule has 114 valence electrons. The zero-order chi connectivity index (χ0) is 15.6. The number of aromatic nitrogens is 2. The van der Waals surface area contributed by atoms with Crippen molar-refractivity contribution in [3.63, 3.8) is 0 Å². The van der Waals surface area contributed by atoms with Gasteiger partial charge in [-0.25, -0.2) is 4.98 Å². The van der Waals surface area contributed by atoms with Crippen LogP contribution in [0.4, 0.5) is 0 Å². The Kier molecular flexibility index (Phi) is 5.27. The Morgan fingerprint density at radius 1 is 1.43 bits per heavy atom. The first kappa shape index (κ1) is 16.3. The van der Waals surface area contributed by atoms with Crippen LogP contribution < -0.4 is 0 Å². The minimum absolute atomic E-state index is 0.0813. The normalized spacial score (nSPS) is 12.6. The molecule has 0 aliphatic rings. The molecule has 1 atom stereocenters. The molecule has 1 aromatic carbocycles. The Labute approximate surface area is 138 Å². The summed E-state index contributed by atoms with van der Waals surface area (Å²) >= 11 is 9.70. The zero-order valence-corrected chi connectivity index (χ0v) is 14.8. The van der Waals surface area contributed by atoms with Crippen LogP contribution in [0.15, 0.2) is 22.7 Å². The summed E-state index contributed by atoms with van der Waals surface area (Å²) in [4.78, 5) is 18.8. The topological polar surface area (TPSA) is 38.1 Å². The molecule has 4 nitrogen and oxygen atoms in total. The minimum Gasteiger partial charge on any atom is -0.342 e. The van der Waals surface area contributed by atoms with Crippen molar-refractivity contribution in [2.75, 3.05) is 13.1 Å². The molecular weight excluding hydrogens is 354 g/mol. The molecule has 0 aliphatic carbocycles. The minimum atomic E-state index is -0.249. The van der Waals surface area contributed by atoms with Gasteiger partial charge in [0.25, 0.3) is 0 Å². The second-order valence-corrected chi connectivity index (χ2v) is 6.44. The van der Waals surface area contributed by atoms with Crippen LogP contribution in [-0.4, -0.2) is 33.4 Å². The molecule has 2 rings (SSSR count). The highest BCUT2D eigenvalue weighted by Gasteiger charge is 2.19. The molecule has 6 heteroatoms. The molecule has 0 N–H and O–H groups in total. The lowest BCUT2D eigenvalue weighted by Gasteiger charge is -2.20. The highest BCUT2D eigenvalue weighted by Crippen LogP contribution is 2.26. The smallest absolute Gasteiger partial charge is 0.242 e. The third-order valence-corrected chi connectivity index (χ3v) is 4.19. The first-order valence-electron chi connectivity index (χ1n) is 7.05. The fourth-order valence-electron chi connectivity index (χ4n) is 2.40. The van der Waals surface area contributed by atoms with Gasteiger partial charge in [-0.3, -0.25) is 4.79 Å². The summed E-state index contributed by atoms with van der Waals surface area (Å²) in [6.45, 7) is 7.51. The van der Waals surface area contributed by atoms with Gasteiger partial charge in [-0.2, -0.15) is 0 Å². The molecule has 1 amide bonds. The number of carbonyl (C=O) groups excluding carboxylic acids is 1. The Hall–Kier alpha value is -1.07. The van der Waals surface area contributed by atoms with Gasteiger partial charge in [-0.15, -0.1) is 11.6 Å². The molecule has 1 heterocycles. The zero-order valence-electron chi connectivity index (χ0n) is 12.4. The molecule has 21 heavy (non-hydrogen) atoms. The maximum atomic E-state index is 12.4. The van der Waals surface area contributed by atoms with Crippen LogP contribution >= 0.6 is 27.5 Å². The summed E-state index contributed by atoms with van der Waals surface area (Å²) in [6.07, 6.45) is 0. The summed E-state index contributed by atoms with van der Waals surface area (Å²) in [5.74, 6) is 0.808. The van der Waals surface area contributed by atoms with Crippen molar-refractivity contribution in [1.82, 2.24) is 14.5 Å².